The smallest absolute Gasteiger partial charge is 0.149 e. The van der Waals surface area contributed by atoms with Gasteiger partial charge in [-0.15, -0.1) is 0 Å². The van der Waals surface area contributed by atoms with Crippen LogP contribution in [0.4, 0.5) is 10.2 Å². The van der Waals surface area contributed by atoms with E-state index in [1.54, 1.807) is 25.3 Å². The number of rotatable bonds is 4. The third kappa shape index (κ3) is 3.66. The van der Waals surface area contributed by atoms with Gasteiger partial charge in [-0.05, 0) is 48.1 Å². The molecule has 2 heterocycles. The number of nitrogens with zero attached hydrogens (tertiary/aromatic N) is 3. The maximum absolute atomic E-state index is 14.6. The van der Waals surface area contributed by atoms with Crippen molar-refractivity contribution in [3.05, 3.63) is 52.5 Å². The van der Waals surface area contributed by atoms with Gasteiger partial charge in [0.05, 0.1) is 22.0 Å². The molecule has 1 aromatic heterocycles. The maximum atomic E-state index is 14.6. The van der Waals surface area contributed by atoms with E-state index in [1.807, 2.05) is 6.07 Å². The van der Waals surface area contributed by atoms with Crippen LogP contribution in [0.25, 0.3) is 22.0 Å². The summed E-state index contributed by atoms with van der Waals surface area (Å²) in [5.41, 5.74) is 1.99. The van der Waals surface area contributed by atoms with E-state index in [0.29, 0.717) is 33.5 Å². The highest BCUT2D eigenvalue weighted by Crippen LogP contribution is 2.38. The van der Waals surface area contributed by atoms with Gasteiger partial charge in [0, 0.05) is 20.2 Å². The number of hydrogen-bond acceptors (Lipinski definition) is 4. The molecule has 7 heteroatoms. The molecule has 0 radical (unpaired) electrons. The first-order chi connectivity index (χ1) is 13.6. The second-order valence-electron chi connectivity index (χ2n) is 7.05. The first kappa shape index (κ1) is 19.4. The fraction of sp³-hybridized carbons (Fsp3) is 0.333. The Kier molecular flexibility index (Phi) is 5.67. The molecule has 1 atom stereocenters. The summed E-state index contributed by atoms with van der Waals surface area (Å²) in [4.78, 5) is 11.0. The van der Waals surface area contributed by atoms with Gasteiger partial charge in [0.1, 0.15) is 23.5 Å². The molecule has 2 aromatic carbocycles. The molecule has 28 heavy (non-hydrogen) atoms. The molecule has 4 rings (SSSR count). The van der Waals surface area contributed by atoms with E-state index in [4.69, 9.17) is 27.9 Å². The Bertz CT molecular complexity index is 1010. The first-order valence-corrected chi connectivity index (χ1v) is 9.96. The van der Waals surface area contributed by atoms with Crippen molar-refractivity contribution in [3.8, 4) is 11.1 Å². The van der Waals surface area contributed by atoms with Crippen LogP contribution >= 0.6 is 23.2 Å². The van der Waals surface area contributed by atoms with Crippen molar-refractivity contribution in [2.24, 2.45) is 5.92 Å². The van der Waals surface area contributed by atoms with Gasteiger partial charge in [-0.1, -0.05) is 35.3 Å². The minimum atomic E-state index is -0.368. The molecular weight excluding hydrogens is 400 g/mol. The average Bonchev–Trinajstić information content (AvgIpc) is 2.71. The summed E-state index contributed by atoms with van der Waals surface area (Å²) in [5.74, 6) is 0.796. The van der Waals surface area contributed by atoms with Crippen molar-refractivity contribution in [2.75, 3.05) is 31.7 Å². The van der Waals surface area contributed by atoms with Crippen molar-refractivity contribution < 1.29 is 9.13 Å². The van der Waals surface area contributed by atoms with E-state index in [-0.39, 0.29) is 5.82 Å². The van der Waals surface area contributed by atoms with Crippen LogP contribution in [0.3, 0.4) is 0 Å². The summed E-state index contributed by atoms with van der Waals surface area (Å²) in [6, 6.07) is 8.59. The molecule has 0 bridgehead atoms. The number of fused-ring (bicyclic) bond motifs is 1. The molecule has 146 valence electrons. The highest BCUT2D eigenvalue weighted by atomic mass is 35.5. The van der Waals surface area contributed by atoms with Crippen molar-refractivity contribution in [1.29, 1.82) is 0 Å². The molecule has 1 aliphatic rings. The summed E-state index contributed by atoms with van der Waals surface area (Å²) < 4.78 is 19.9. The third-order valence-corrected chi connectivity index (χ3v) is 5.91. The predicted octanol–water partition coefficient (Wildman–Crippen LogP) is 5.61. The Morgan fingerprint density at radius 2 is 2.04 bits per heavy atom. The highest BCUT2D eigenvalue weighted by molar-refractivity contribution is 6.42. The number of anilines is 1. The van der Waals surface area contributed by atoms with Crippen molar-refractivity contribution in [1.82, 2.24) is 9.97 Å². The standard InChI is InChI=1S/C21H20Cl2FN3O/c1-28-11-13-3-2-8-27(10-13)21-19-15(14-4-6-16(22)17(23)9-14)5-7-18(24)20(19)25-12-26-21/h4-7,9,12-13H,2-3,8,10-11H2,1H3/t13-/m0/s1. The molecule has 0 unspecified atom stereocenters. The topological polar surface area (TPSA) is 38.2 Å². The normalized spacial score (nSPS) is 17.3. The minimum Gasteiger partial charge on any atom is -0.384 e. The molecular formula is C21H20Cl2FN3O. The lowest BCUT2D eigenvalue weighted by Gasteiger charge is -2.34. The number of piperidine rings is 1. The summed E-state index contributed by atoms with van der Waals surface area (Å²) in [6.45, 7) is 2.38. The van der Waals surface area contributed by atoms with Crippen LogP contribution < -0.4 is 4.90 Å². The molecule has 4 nitrogen and oxygen atoms in total. The first-order valence-electron chi connectivity index (χ1n) is 9.21. The Morgan fingerprint density at radius 1 is 1.18 bits per heavy atom. The summed E-state index contributed by atoms with van der Waals surface area (Å²) in [5, 5.41) is 1.62. The van der Waals surface area contributed by atoms with Gasteiger partial charge in [-0.3, -0.25) is 0 Å². The number of benzene rings is 2. The molecule has 1 saturated heterocycles. The molecule has 3 aromatic rings. The Balaban J connectivity index is 1.87. The Labute approximate surface area is 173 Å². The van der Waals surface area contributed by atoms with Gasteiger partial charge >= 0.3 is 0 Å². The molecule has 0 amide bonds. The van der Waals surface area contributed by atoms with Crippen LogP contribution in [0.15, 0.2) is 36.7 Å². The van der Waals surface area contributed by atoms with E-state index < -0.39 is 0 Å². The summed E-state index contributed by atoms with van der Waals surface area (Å²) in [7, 11) is 1.72. The van der Waals surface area contributed by atoms with Gasteiger partial charge < -0.3 is 9.64 Å². The third-order valence-electron chi connectivity index (χ3n) is 5.17. The molecule has 0 saturated carbocycles. The van der Waals surface area contributed by atoms with Crippen LogP contribution in [0.2, 0.25) is 10.0 Å². The fourth-order valence-electron chi connectivity index (χ4n) is 3.90. The van der Waals surface area contributed by atoms with Crippen LogP contribution in [0.5, 0.6) is 0 Å². The lowest BCUT2D eigenvalue weighted by atomic mass is 9.97. The zero-order valence-corrected chi connectivity index (χ0v) is 17.0. The van der Waals surface area contributed by atoms with Crippen LogP contribution in [-0.4, -0.2) is 36.8 Å². The number of halogens is 3. The van der Waals surface area contributed by atoms with Crippen LogP contribution in [0.1, 0.15) is 12.8 Å². The van der Waals surface area contributed by atoms with Gasteiger partial charge in [0.25, 0.3) is 0 Å². The van der Waals surface area contributed by atoms with Gasteiger partial charge in [0.2, 0.25) is 0 Å². The number of ether oxygens (including phenoxy) is 1. The molecule has 0 aliphatic carbocycles. The van der Waals surface area contributed by atoms with Gasteiger partial charge in [-0.2, -0.15) is 0 Å². The lowest BCUT2D eigenvalue weighted by molar-refractivity contribution is 0.143. The lowest BCUT2D eigenvalue weighted by Crippen LogP contribution is -2.37. The van der Waals surface area contributed by atoms with E-state index >= 15 is 0 Å². The Hall–Kier alpha value is -1.95. The average molecular weight is 420 g/mol. The van der Waals surface area contributed by atoms with Crippen molar-refractivity contribution in [2.45, 2.75) is 12.8 Å². The van der Waals surface area contributed by atoms with Gasteiger partial charge in [-0.25, -0.2) is 14.4 Å². The van der Waals surface area contributed by atoms with E-state index in [0.717, 1.165) is 42.9 Å². The summed E-state index contributed by atoms with van der Waals surface area (Å²) >= 11 is 12.3. The quantitative estimate of drug-likeness (QED) is 0.550. The number of hydrogen-bond donors (Lipinski definition) is 0. The van der Waals surface area contributed by atoms with Crippen molar-refractivity contribution >= 4 is 39.9 Å². The predicted molar refractivity (Wildman–Crippen MR) is 112 cm³/mol. The fourth-order valence-corrected chi connectivity index (χ4v) is 4.20. The maximum Gasteiger partial charge on any atom is 0.149 e. The Morgan fingerprint density at radius 3 is 2.82 bits per heavy atom. The second-order valence-corrected chi connectivity index (χ2v) is 7.87. The SMILES string of the molecule is COC[C@H]1CCCN(c2ncnc3c(F)ccc(-c4ccc(Cl)c(Cl)c4)c23)C1. The van der Waals surface area contributed by atoms with Gasteiger partial charge in [0.15, 0.2) is 0 Å². The number of methoxy groups -OCH3 is 1. The molecule has 0 N–H and O–H groups in total. The molecule has 1 fully saturated rings. The van der Waals surface area contributed by atoms with Crippen molar-refractivity contribution in [3.63, 3.8) is 0 Å². The zero-order valence-electron chi connectivity index (χ0n) is 15.5. The largest absolute Gasteiger partial charge is 0.384 e. The van der Waals surface area contributed by atoms with E-state index in [9.17, 15) is 4.39 Å². The van der Waals surface area contributed by atoms with Crippen LogP contribution in [-0.2, 0) is 4.74 Å². The molecule has 0 spiro atoms. The minimum absolute atomic E-state index is 0.308. The number of aromatic nitrogens is 2. The van der Waals surface area contributed by atoms with Crippen LogP contribution in [0, 0.1) is 11.7 Å². The second kappa shape index (κ2) is 8.19. The summed E-state index contributed by atoms with van der Waals surface area (Å²) in [6.07, 6.45) is 3.58. The van der Waals surface area contributed by atoms with E-state index in [2.05, 4.69) is 14.9 Å². The highest BCUT2D eigenvalue weighted by Gasteiger charge is 2.24. The zero-order chi connectivity index (χ0) is 19.7. The monoisotopic (exact) mass is 419 g/mol. The van der Waals surface area contributed by atoms with E-state index in [1.165, 1.54) is 12.4 Å². The molecule has 1 aliphatic heterocycles.